The molecular weight excluding hydrogens is 412 g/mol. The van der Waals surface area contributed by atoms with Gasteiger partial charge < -0.3 is 15.1 Å². The first-order valence-electron chi connectivity index (χ1n) is 8.92. The van der Waals surface area contributed by atoms with Crippen molar-refractivity contribution < 1.29 is 28.6 Å². The predicted molar refractivity (Wildman–Crippen MR) is 107 cm³/mol. The Kier molecular flexibility index (Phi) is 5.09. The van der Waals surface area contributed by atoms with Crippen LogP contribution in [-0.4, -0.2) is 26.8 Å². The van der Waals surface area contributed by atoms with Gasteiger partial charge in [0.15, 0.2) is 11.6 Å². The summed E-state index contributed by atoms with van der Waals surface area (Å²) in [5, 5.41) is 22.2. The molecular formula is C22H15F2NO4S. The van der Waals surface area contributed by atoms with Gasteiger partial charge >= 0.3 is 0 Å². The van der Waals surface area contributed by atoms with Gasteiger partial charge in [0.05, 0.1) is 18.2 Å². The number of aromatic hydroxyl groups is 1. The number of aliphatic hydroxyl groups excluding tert-OH is 1. The lowest BCUT2D eigenvalue weighted by atomic mass is 9.95. The molecule has 1 aromatic heterocycles. The van der Waals surface area contributed by atoms with Gasteiger partial charge in [-0.3, -0.25) is 9.59 Å². The number of nitrogens with zero attached hydrogens (tertiary/aromatic N) is 1. The van der Waals surface area contributed by atoms with E-state index in [9.17, 15) is 28.6 Å². The largest absolute Gasteiger partial charge is 0.508 e. The molecule has 30 heavy (non-hydrogen) atoms. The number of amides is 1. The Balaban J connectivity index is 1.87. The standard InChI is InChI=1S/C22H15F2NO4S/c23-16-8-5-13(10-17(16)24)20(27)18-19(12-3-6-14(26)7-4-12)25(22(29)21(18)28)11-15-2-1-9-30-15/h1-10,19,26-27H,11H2/b20-18+. The maximum absolute atomic E-state index is 13.7. The molecule has 1 atom stereocenters. The van der Waals surface area contributed by atoms with E-state index in [1.54, 1.807) is 0 Å². The average Bonchev–Trinajstić information content (AvgIpc) is 3.33. The highest BCUT2D eigenvalue weighted by Gasteiger charge is 2.46. The maximum Gasteiger partial charge on any atom is 0.295 e. The quantitative estimate of drug-likeness (QED) is 0.369. The summed E-state index contributed by atoms with van der Waals surface area (Å²) in [5.74, 6) is -4.63. The van der Waals surface area contributed by atoms with E-state index in [1.807, 2.05) is 17.5 Å². The molecule has 1 saturated heterocycles. The number of hydrogen-bond acceptors (Lipinski definition) is 5. The first kappa shape index (κ1) is 19.8. The molecule has 1 unspecified atom stereocenters. The van der Waals surface area contributed by atoms with Crippen LogP contribution in [0.15, 0.2) is 65.6 Å². The fourth-order valence-electron chi connectivity index (χ4n) is 3.42. The van der Waals surface area contributed by atoms with Gasteiger partial charge in [0.25, 0.3) is 11.7 Å². The van der Waals surface area contributed by atoms with Crippen LogP contribution in [0.4, 0.5) is 8.78 Å². The minimum Gasteiger partial charge on any atom is -0.508 e. The van der Waals surface area contributed by atoms with Crippen LogP contribution in [0.1, 0.15) is 22.0 Å². The second-order valence-electron chi connectivity index (χ2n) is 6.73. The SMILES string of the molecule is O=C1C(=O)N(Cc2cccs2)C(c2ccc(O)cc2)/C1=C(\O)c1ccc(F)c(F)c1. The number of hydrogen-bond donors (Lipinski definition) is 2. The Morgan fingerprint density at radius 1 is 1.03 bits per heavy atom. The number of likely N-dealkylation sites (tertiary alicyclic amines) is 1. The summed E-state index contributed by atoms with van der Waals surface area (Å²) >= 11 is 1.41. The van der Waals surface area contributed by atoms with E-state index in [-0.39, 0.29) is 23.4 Å². The molecule has 8 heteroatoms. The normalized spacial score (nSPS) is 18.2. The van der Waals surface area contributed by atoms with Gasteiger partial charge in [-0.1, -0.05) is 18.2 Å². The highest BCUT2D eigenvalue weighted by atomic mass is 32.1. The van der Waals surface area contributed by atoms with Gasteiger partial charge in [-0.15, -0.1) is 11.3 Å². The monoisotopic (exact) mass is 427 g/mol. The second-order valence-corrected chi connectivity index (χ2v) is 7.76. The van der Waals surface area contributed by atoms with Crippen LogP contribution in [0.3, 0.4) is 0 Å². The van der Waals surface area contributed by atoms with Gasteiger partial charge in [-0.2, -0.15) is 0 Å². The number of halogens is 2. The van der Waals surface area contributed by atoms with Crippen molar-refractivity contribution in [1.82, 2.24) is 4.90 Å². The van der Waals surface area contributed by atoms with Crippen molar-refractivity contribution in [3.05, 3.63) is 93.2 Å². The number of Topliss-reactive ketones (excluding diaryl/α,β-unsaturated/α-hetero) is 1. The van der Waals surface area contributed by atoms with Crippen molar-refractivity contribution in [1.29, 1.82) is 0 Å². The molecule has 2 heterocycles. The van der Waals surface area contributed by atoms with Gasteiger partial charge in [0.1, 0.15) is 11.5 Å². The van der Waals surface area contributed by atoms with Crippen molar-refractivity contribution in [2.75, 3.05) is 0 Å². The maximum atomic E-state index is 13.7. The fourth-order valence-corrected chi connectivity index (χ4v) is 4.12. The summed E-state index contributed by atoms with van der Waals surface area (Å²) in [6, 6.07) is 11.3. The summed E-state index contributed by atoms with van der Waals surface area (Å²) in [5.41, 5.74) is 0.132. The number of phenols is 1. The van der Waals surface area contributed by atoms with E-state index in [2.05, 4.69) is 0 Å². The van der Waals surface area contributed by atoms with Crippen molar-refractivity contribution in [3.8, 4) is 5.75 Å². The van der Waals surface area contributed by atoms with Crippen LogP contribution >= 0.6 is 11.3 Å². The van der Waals surface area contributed by atoms with Gasteiger partial charge in [0, 0.05) is 10.4 Å². The molecule has 152 valence electrons. The van der Waals surface area contributed by atoms with Crippen molar-refractivity contribution in [3.63, 3.8) is 0 Å². The first-order chi connectivity index (χ1) is 14.4. The molecule has 0 saturated carbocycles. The Bertz CT molecular complexity index is 1160. The van der Waals surface area contributed by atoms with Gasteiger partial charge in [-0.05, 0) is 47.3 Å². The van der Waals surface area contributed by atoms with Crippen LogP contribution in [0.2, 0.25) is 0 Å². The Labute approximate surface area is 174 Å². The lowest BCUT2D eigenvalue weighted by Crippen LogP contribution is -2.28. The summed E-state index contributed by atoms with van der Waals surface area (Å²) < 4.78 is 27.0. The van der Waals surface area contributed by atoms with Crippen molar-refractivity contribution in [2.24, 2.45) is 0 Å². The number of ketones is 1. The molecule has 2 aromatic carbocycles. The van der Waals surface area contributed by atoms with Crippen LogP contribution in [0.5, 0.6) is 5.75 Å². The predicted octanol–water partition coefficient (Wildman–Crippen LogP) is 4.35. The van der Waals surface area contributed by atoms with E-state index >= 15 is 0 Å². The van der Waals surface area contributed by atoms with Crippen LogP contribution in [-0.2, 0) is 16.1 Å². The smallest absolute Gasteiger partial charge is 0.295 e. The van der Waals surface area contributed by atoms with Gasteiger partial charge in [0.2, 0.25) is 0 Å². The molecule has 5 nitrogen and oxygen atoms in total. The molecule has 2 N–H and O–H groups in total. The van der Waals surface area contributed by atoms with Crippen molar-refractivity contribution >= 4 is 28.8 Å². The molecule has 0 aliphatic carbocycles. The molecule has 1 fully saturated rings. The molecule has 0 radical (unpaired) electrons. The topological polar surface area (TPSA) is 77.8 Å². The Hall–Kier alpha value is -3.52. The van der Waals surface area contributed by atoms with E-state index in [4.69, 9.17) is 0 Å². The lowest BCUT2D eigenvalue weighted by molar-refractivity contribution is -0.140. The third-order valence-electron chi connectivity index (χ3n) is 4.85. The summed E-state index contributed by atoms with van der Waals surface area (Å²) in [6.07, 6.45) is 0. The highest BCUT2D eigenvalue weighted by Crippen LogP contribution is 2.41. The second kappa shape index (κ2) is 7.72. The van der Waals surface area contributed by atoms with E-state index in [0.717, 1.165) is 23.1 Å². The van der Waals surface area contributed by atoms with Gasteiger partial charge in [-0.25, -0.2) is 8.78 Å². The van der Waals surface area contributed by atoms with Crippen molar-refractivity contribution in [2.45, 2.75) is 12.6 Å². The number of phenolic OH excluding ortho intramolecular Hbond substituents is 1. The Morgan fingerprint density at radius 3 is 2.40 bits per heavy atom. The fraction of sp³-hybridized carbons (Fsp3) is 0.0909. The van der Waals surface area contributed by atoms with E-state index < -0.39 is 35.1 Å². The molecule has 3 aromatic rings. The number of carbonyl (C=O) groups excluding carboxylic acids is 2. The first-order valence-corrected chi connectivity index (χ1v) is 9.80. The van der Waals surface area contributed by atoms with Crippen LogP contribution in [0, 0.1) is 11.6 Å². The number of thiophene rings is 1. The number of aliphatic hydroxyl groups is 1. The molecule has 1 amide bonds. The lowest BCUT2D eigenvalue weighted by Gasteiger charge is -2.25. The third kappa shape index (κ3) is 3.46. The number of carbonyl (C=O) groups is 2. The zero-order valence-corrected chi connectivity index (χ0v) is 16.2. The molecule has 0 spiro atoms. The number of benzene rings is 2. The minimum atomic E-state index is -1.19. The Morgan fingerprint density at radius 2 is 1.77 bits per heavy atom. The minimum absolute atomic E-state index is 0.00503. The molecule has 0 bridgehead atoms. The van der Waals surface area contributed by atoms with Crippen LogP contribution < -0.4 is 0 Å². The zero-order chi connectivity index (χ0) is 21.4. The summed E-state index contributed by atoms with van der Waals surface area (Å²) in [7, 11) is 0. The zero-order valence-electron chi connectivity index (χ0n) is 15.4. The van der Waals surface area contributed by atoms with E-state index in [1.165, 1.54) is 40.5 Å². The van der Waals surface area contributed by atoms with E-state index in [0.29, 0.717) is 5.56 Å². The average molecular weight is 427 g/mol. The highest BCUT2D eigenvalue weighted by molar-refractivity contribution is 7.09. The molecule has 1 aliphatic rings. The van der Waals surface area contributed by atoms with Crippen LogP contribution in [0.25, 0.3) is 5.76 Å². The number of rotatable bonds is 4. The molecule has 4 rings (SSSR count). The summed E-state index contributed by atoms with van der Waals surface area (Å²) in [6.45, 7) is 0.127. The third-order valence-corrected chi connectivity index (χ3v) is 5.71. The summed E-state index contributed by atoms with van der Waals surface area (Å²) in [4.78, 5) is 27.8. The molecule has 1 aliphatic heterocycles.